The first-order valence-corrected chi connectivity index (χ1v) is 7.58. The van der Waals surface area contributed by atoms with Crippen molar-refractivity contribution >= 4 is 46.1 Å². The van der Waals surface area contributed by atoms with Crippen LogP contribution in [-0.4, -0.2) is 17.0 Å². The molecule has 0 saturated heterocycles. The van der Waals surface area contributed by atoms with E-state index in [-0.39, 0.29) is 16.1 Å². The van der Waals surface area contributed by atoms with Crippen LogP contribution in [0, 0.1) is 9.39 Å². The highest BCUT2D eigenvalue weighted by Crippen LogP contribution is 2.24. The highest BCUT2D eigenvalue weighted by Gasteiger charge is 2.26. The van der Waals surface area contributed by atoms with Crippen LogP contribution in [0.1, 0.15) is 22.0 Å². The van der Waals surface area contributed by atoms with Crippen molar-refractivity contribution in [2.24, 2.45) is 0 Å². The van der Waals surface area contributed by atoms with Gasteiger partial charge < -0.3 is 10.4 Å². The number of rotatable bonds is 4. The minimum Gasteiger partial charge on any atom is -0.465 e. The number of nitrogens with one attached hydrogen (secondary N) is 1. The second-order valence-corrected chi connectivity index (χ2v) is 6.10. The molecule has 0 fully saturated rings. The number of ketones is 1. The fourth-order valence-corrected chi connectivity index (χ4v) is 2.44. The maximum absolute atomic E-state index is 14.0. The normalized spacial score (nSPS) is 11.8. The van der Waals surface area contributed by atoms with Crippen LogP contribution in [0.5, 0.6) is 0 Å². The molecular weight excluding hydrogens is 424 g/mol. The van der Waals surface area contributed by atoms with Crippen LogP contribution in [0.2, 0.25) is 5.02 Å². The number of hydrogen-bond donors (Lipinski definition) is 2. The Morgan fingerprint density at radius 2 is 1.82 bits per heavy atom. The lowest BCUT2D eigenvalue weighted by molar-refractivity contribution is 0.0934. The topological polar surface area (TPSA) is 66.4 Å². The fraction of sp³-hybridized carbons (Fsp3) is 0.0667. The Kier molecular flexibility index (Phi) is 5.36. The zero-order valence-corrected chi connectivity index (χ0v) is 13.9. The molecule has 0 bridgehead atoms. The zero-order chi connectivity index (χ0) is 16.3. The minimum atomic E-state index is -1.42. The monoisotopic (exact) mass is 433 g/mol. The number of benzene rings is 2. The first-order chi connectivity index (χ1) is 10.4. The first kappa shape index (κ1) is 16.7. The SMILES string of the molecule is O=C(O)NC(C(=O)c1ccc(I)cc1)c1ccc(Cl)cc1F. The van der Waals surface area contributed by atoms with E-state index in [2.05, 4.69) is 27.9 Å². The summed E-state index contributed by atoms with van der Waals surface area (Å²) in [5, 5.41) is 11.1. The van der Waals surface area contributed by atoms with Crippen LogP contribution in [-0.2, 0) is 0 Å². The Bertz CT molecular complexity index is 721. The molecule has 0 heterocycles. The van der Waals surface area contributed by atoms with E-state index in [0.717, 1.165) is 9.64 Å². The summed E-state index contributed by atoms with van der Waals surface area (Å²) >= 11 is 7.76. The smallest absolute Gasteiger partial charge is 0.405 e. The molecule has 0 saturated carbocycles. The molecule has 4 nitrogen and oxygen atoms in total. The molecule has 2 aromatic rings. The maximum Gasteiger partial charge on any atom is 0.405 e. The molecule has 0 aliphatic rings. The molecule has 7 heteroatoms. The van der Waals surface area contributed by atoms with Crippen molar-refractivity contribution < 1.29 is 19.1 Å². The summed E-state index contributed by atoms with van der Waals surface area (Å²) in [6, 6.07) is 8.95. The van der Waals surface area contributed by atoms with Crippen LogP contribution in [0.4, 0.5) is 9.18 Å². The molecule has 0 aromatic heterocycles. The third-order valence-corrected chi connectivity index (χ3v) is 3.89. The summed E-state index contributed by atoms with van der Waals surface area (Å²) < 4.78 is 14.9. The van der Waals surface area contributed by atoms with Crippen molar-refractivity contribution in [1.29, 1.82) is 0 Å². The van der Waals surface area contributed by atoms with E-state index in [4.69, 9.17) is 16.7 Å². The molecule has 0 aliphatic carbocycles. The van der Waals surface area contributed by atoms with Gasteiger partial charge in [-0.15, -0.1) is 0 Å². The van der Waals surface area contributed by atoms with Crippen molar-refractivity contribution in [3.05, 3.63) is 68.0 Å². The third kappa shape index (κ3) is 3.95. The van der Waals surface area contributed by atoms with Gasteiger partial charge in [0.05, 0.1) is 0 Å². The van der Waals surface area contributed by atoms with Crippen LogP contribution in [0.15, 0.2) is 42.5 Å². The van der Waals surface area contributed by atoms with Gasteiger partial charge in [-0.2, -0.15) is 0 Å². The first-order valence-electron chi connectivity index (χ1n) is 6.12. The summed E-state index contributed by atoms with van der Waals surface area (Å²) in [6.07, 6.45) is -1.42. The number of halogens is 3. The molecule has 2 aromatic carbocycles. The molecule has 114 valence electrons. The molecule has 2 N–H and O–H groups in total. The summed E-state index contributed by atoms with van der Waals surface area (Å²) in [5.74, 6) is -1.29. The van der Waals surface area contributed by atoms with E-state index in [0.29, 0.717) is 0 Å². The van der Waals surface area contributed by atoms with E-state index in [9.17, 15) is 14.0 Å². The van der Waals surface area contributed by atoms with Gasteiger partial charge in [-0.3, -0.25) is 4.79 Å². The Hall–Kier alpha value is -1.67. The lowest BCUT2D eigenvalue weighted by Gasteiger charge is -2.17. The molecule has 0 spiro atoms. The van der Waals surface area contributed by atoms with Gasteiger partial charge in [-0.1, -0.05) is 29.8 Å². The average Bonchev–Trinajstić information content (AvgIpc) is 2.45. The minimum absolute atomic E-state index is 0.0737. The van der Waals surface area contributed by atoms with Crippen molar-refractivity contribution in [3.63, 3.8) is 0 Å². The van der Waals surface area contributed by atoms with E-state index in [1.54, 1.807) is 24.3 Å². The standard InChI is InChI=1S/C15H10ClFINO3/c16-9-3-6-11(12(17)7-9)13(19-15(21)22)14(20)8-1-4-10(18)5-2-8/h1-7,13,19H,(H,21,22). The van der Waals surface area contributed by atoms with E-state index in [1.807, 2.05) is 0 Å². The largest absolute Gasteiger partial charge is 0.465 e. The van der Waals surface area contributed by atoms with Gasteiger partial charge in [0.2, 0.25) is 0 Å². The molecule has 0 aliphatic heterocycles. The van der Waals surface area contributed by atoms with Crippen LogP contribution >= 0.6 is 34.2 Å². The molecule has 2 rings (SSSR count). The van der Waals surface area contributed by atoms with Crippen LogP contribution in [0.3, 0.4) is 0 Å². The Balaban J connectivity index is 2.43. The summed E-state index contributed by atoms with van der Waals surface area (Å²) in [6.45, 7) is 0. The van der Waals surface area contributed by atoms with Gasteiger partial charge in [0.1, 0.15) is 11.9 Å². The van der Waals surface area contributed by atoms with E-state index < -0.39 is 23.7 Å². The lowest BCUT2D eigenvalue weighted by Crippen LogP contribution is -2.33. The second-order valence-electron chi connectivity index (χ2n) is 4.42. The molecule has 1 unspecified atom stereocenters. The molecule has 0 radical (unpaired) electrons. The summed E-state index contributed by atoms with van der Waals surface area (Å²) in [7, 11) is 0. The number of amides is 1. The van der Waals surface area contributed by atoms with Gasteiger partial charge in [-0.25, -0.2) is 9.18 Å². The van der Waals surface area contributed by atoms with Gasteiger partial charge in [0, 0.05) is 19.7 Å². The lowest BCUT2D eigenvalue weighted by atomic mass is 9.97. The number of hydrogen-bond acceptors (Lipinski definition) is 2. The number of carboxylic acid groups (broad SMARTS) is 1. The van der Waals surface area contributed by atoms with Crippen molar-refractivity contribution in [2.75, 3.05) is 0 Å². The predicted molar refractivity (Wildman–Crippen MR) is 88.8 cm³/mol. The fourth-order valence-electron chi connectivity index (χ4n) is 1.92. The maximum atomic E-state index is 14.0. The molecule has 22 heavy (non-hydrogen) atoms. The second kappa shape index (κ2) is 7.06. The van der Waals surface area contributed by atoms with Crippen molar-refractivity contribution in [3.8, 4) is 0 Å². The van der Waals surface area contributed by atoms with E-state index in [1.165, 1.54) is 12.1 Å². The quantitative estimate of drug-likeness (QED) is 0.559. The van der Waals surface area contributed by atoms with Crippen molar-refractivity contribution in [2.45, 2.75) is 6.04 Å². The Morgan fingerprint density at radius 3 is 2.36 bits per heavy atom. The Labute approximate surface area is 144 Å². The summed E-state index contributed by atoms with van der Waals surface area (Å²) in [4.78, 5) is 23.4. The van der Waals surface area contributed by atoms with E-state index >= 15 is 0 Å². The number of Topliss-reactive ketones (excluding diaryl/α,β-unsaturated/α-hetero) is 1. The van der Waals surface area contributed by atoms with Gasteiger partial charge in [0.25, 0.3) is 0 Å². The van der Waals surface area contributed by atoms with Gasteiger partial charge in [0.15, 0.2) is 5.78 Å². The van der Waals surface area contributed by atoms with Crippen LogP contribution < -0.4 is 5.32 Å². The van der Waals surface area contributed by atoms with Gasteiger partial charge >= 0.3 is 6.09 Å². The predicted octanol–water partition coefficient (Wildman–Crippen LogP) is 4.28. The highest BCUT2D eigenvalue weighted by atomic mass is 127. The highest BCUT2D eigenvalue weighted by molar-refractivity contribution is 14.1. The van der Waals surface area contributed by atoms with Crippen LogP contribution in [0.25, 0.3) is 0 Å². The number of carbonyl (C=O) groups excluding carboxylic acids is 1. The third-order valence-electron chi connectivity index (χ3n) is 2.93. The zero-order valence-electron chi connectivity index (χ0n) is 11.0. The molecule has 1 atom stereocenters. The van der Waals surface area contributed by atoms with Gasteiger partial charge in [-0.05, 0) is 46.9 Å². The Morgan fingerprint density at radius 1 is 1.18 bits per heavy atom. The van der Waals surface area contributed by atoms with Crippen molar-refractivity contribution in [1.82, 2.24) is 5.32 Å². The molecule has 1 amide bonds. The summed E-state index contributed by atoms with van der Waals surface area (Å²) in [5.41, 5.74) is 0.212. The number of carbonyl (C=O) groups is 2. The molecular formula is C15H10ClFINO3. The average molecular weight is 434 g/mol.